The Labute approximate surface area is 116 Å². The van der Waals surface area contributed by atoms with Crippen LogP contribution in [0.3, 0.4) is 0 Å². The van der Waals surface area contributed by atoms with Gasteiger partial charge in [0.1, 0.15) is 11.4 Å². The maximum Gasteiger partial charge on any atom is 0.354 e. The number of esters is 1. The minimum Gasteiger partial charge on any atom is -0.493 e. The first-order valence-electron chi connectivity index (χ1n) is 6.52. The average Bonchev–Trinajstić information content (AvgIpc) is 3.12. The molecule has 0 atom stereocenters. The fourth-order valence-corrected chi connectivity index (χ4v) is 2.27. The molecule has 0 radical (unpaired) electrons. The third kappa shape index (κ3) is 2.47. The van der Waals surface area contributed by atoms with Gasteiger partial charge in [-0.05, 0) is 35.9 Å². The summed E-state index contributed by atoms with van der Waals surface area (Å²) in [6.07, 6.45) is 0.958. The third-order valence-electron chi connectivity index (χ3n) is 3.32. The number of carbonyl (C=O) groups excluding carboxylic acids is 1. The summed E-state index contributed by atoms with van der Waals surface area (Å²) in [5.74, 6) is 0.620. The van der Waals surface area contributed by atoms with Crippen molar-refractivity contribution in [3.05, 3.63) is 47.3 Å². The number of aromatic nitrogens is 1. The van der Waals surface area contributed by atoms with Gasteiger partial charge in [0.25, 0.3) is 0 Å². The minimum atomic E-state index is -0.356. The second-order valence-electron chi connectivity index (χ2n) is 4.66. The predicted octanol–water partition coefficient (Wildman–Crippen LogP) is 2.35. The lowest BCUT2D eigenvalue weighted by Crippen LogP contribution is -2.03. The Kier molecular flexibility index (Phi) is 3.33. The van der Waals surface area contributed by atoms with Crippen molar-refractivity contribution in [3.63, 3.8) is 0 Å². The number of H-pyrrole nitrogens is 1. The van der Waals surface area contributed by atoms with Crippen molar-refractivity contribution in [1.29, 1.82) is 0 Å². The predicted molar refractivity (Wildman–Crippen MR) is 75.1 cm³/mol. The van der Waals surface area contributed by atoms with Crippen LogP contribution in [-0.2, 0) is 17.7 Å². The Morgan fingerprint density at radius 2 is 2.30 bits per heavy atom. The molecule has 1 aromatic carbocycles. The first kappa shape index (κ1) is 12.6. The first-order valence-corrected chi connectivity index (χ1v) is 6.52. The molecule has 0 saturated carbocycles. The van der Waals surface area contributed by atoms with Crippen LogP contribution in [-0.4, -0.2) is 24.7 Å². The Bertz CT molecular complexity index is 634. The normalized spacial score (nSPS) is 12.7. The summed E-state index contributed by atoms with van der Waals surface area (Å²) in [6, 6.07) is 9.68. The largest absolute Gasteiger partial charge is 0.493 e. The summed E-state index contributed by atoms with van der Waals surface area (Å²) >= 11 is 0. The van der Waals surface area contributed by atoms with Crippen LogP contribution in [0.15, 0.2) is 30.3 Å². The topological polar surface area (TPSA) is 63.4 Å². The number of benzene rings is 1. The second-order valence-corrected chi connectivity index (χ2v) is 4.66. The molecule has 2 N–H and O–H groups in total. The number of methoxy groups -OCH3 is 1. The Morgan fingerprint density at radius 1 is 1.40 bits per heavy atom. The van der Waals surface area contributed by atoms with E-state index in [4.69, 9.17) is 4.74 Å². The number of ether oxygens (including phenoxy) is 2. The Hall–Kier alpha value is -2.43. The van der Waals surface area contributed by atoms with E-state index in [1.807, 2.05) is 18.2 Å². The highest BCUT2D eigenvalue weighted by Crippen LogP contribution is 2.27. The van der Waals surface area contributed by atoms with E-state index in [9.17, 15) is 4.79 Å². The van der Waals surface area contributed by atoms with Crippen LogP contribution in [0, 0.1) is 0 Å². The lowest BCUT2D eigenvalue weighted by molar-refractivity contribution is 0.0594. The monoisotopic (exact) mass is 272 g/mol. The van der Waals surface area contributed by atoms with E-state index in [1.165, 1.54) is 12.7 Å². The van der Waals surface area contributed by atoms with E-state index in [0.29, 0.717) is 12.2 Å². The zero-order valence-electron chi connectivity index (χ0n) is 11.2. The summed E-state index contributed by atoms with van der Waals surface area (Å²) in [7, 11) is 1.37. The van der Waals surface area contributed by atoms with E-state index < -0.39 is 0 Å². The molecule has 5 nitrogen and oxygen atoms in total. The van der Waals surface area contributed by atoms with Crippen LogP contribution in [0.4, 0.5) is 5.69 Å². The number of aromatic amines is 1. The van der Waals surface area contributed by atoms with Crippen LogP contribution in [0.2, 0.25) is 0 Å². The molecule has 5 heteroatoms. The fourth-order valence-electron chi connectivity index (χ4n) is 2.27. The summed E-state index contributed by atoms with van der Waals surface area (Å²) in [5.41, 5.74) is 3.68. The zero-order valence-corrected chi connectivity index (χ0v) is 11.2. The molecule has 0 fully saturated rings. The molecule has 1 aliphatic rings. The number of rotatable bonds is 4. The molecule has 20 heavy (non-hydrogen) atoms. The molecule has 0 amide bonds. The molecule has 2 aromatic rings. The van der Waals surface area contributed by atoms with Crippen molar-refractivity contribution in [2.75, 3.05) is 19.0 Å². The molecule has 1 aliphatic heterocycles. The molecule has 3 rings (SSSR count). The number of anilines is 1. The summed E-state index contributed by atoms with van der Waals surface area (Å²) < 4.78 is 10.1. The van der Waals surface area contributed by atoms with E-state index in [1.54, 1.807) is 6.07 Å². The van der Waals surface area contributed by atoms with E-state index in [-0.39, 0.29) is 5.97 Å². The van der Waals surface area contributed by atoms with Crippen LogP contribution in [0.1, 0.15) is 21.7 Å². The van der Waals surface area contributed by atoms with Crippen LogP contribution in [0.5, 0.6) is 5.75 Å². The Morgan fingerprint density at radius 3 is 3.15 bits per heavy atom. The standard InChI is InChI=1S/C15H16N2O3/c1-19-15(18)13-4-2-12(17-13)9-16-11-3-5-14-10(8-11)6-7-20-14/h2-5,8,16-17H,6-7,9H2,1H3. The third-order valence-corrected chi connectivity index (χ3v) is 3.32. The quantitative estimate of drug-likeness (QED) is 0.839. The molecule has 0 bridgehead atoms. The van der Waals surface area contributed by atoms with Gasteiger partial charge in [0.2, 0.25) is 0 Å². The summed E-state index contributed by atoms with van der Waals surface area (Å²) in [5, 5.41) is 3.32. The van der Waals surface area contributed by atoms with Gasteiger partial charge < -0.3 is 19.8 Å². The minimum absolute atomic E-state index is 0.356. The van der Waals surface area contributed by atoms with Gasteiger partial charge in [0, 0.05) is 17.8 Å². The summed E-state index contributed by atoms with van der Waals surface area (Å²) in [4.78, 5) is 14.4. The van der Waals surface area contributed by atoms with Crippen LogP contribution >= 0.6 is 0 Å². The van der Waals surface area contributed by atoms with Crippen molar-refractivity contribution in [2.24, 2.45) is 0 Å². The molecular weight excluding hydrogens is 256 g/mol. The van der Waals surface area contributed by atoms with Crippen LogP contribution < -0.4 is 10.1 Å². The average molecular weight is 272 g/mol. The highest BCUT2D eigenvalue weighted by molar-refractivity contribution is 5.87. The maximum absolute atomic E-state index is 11.3. The van der Waals surface area contributed by atoms with E-state index >= 15 is 0 Å². The molecule has 0 aliphatic carbocycles. The lowest BCUT2D eigenvalue weighted by Gasteiger charge is -2.07. The molecule has 0 saturated heterocycles. The fraction of sp³-hybridized carbons (Fsp3) is 0.267. The van der Waals surface area contributed by atoms with Crippen LogP contribution in [0.25, 0.3) is 0 Å². The molecule has 104 valence electrons. The summed E-state index contributed by atoms with van der Waals surface area (Å²) in [6.45, 7) is 1.38. The van der Waals surface area contributed by atoms with Crippen molar-refractivity contribution < 1.29 is 14.3 Å². The maximum atomic E-state index is 11.3. The lowest BCUT2D eigenvalue weighted by atomic mass is 10.1. The molecule has 0 unspecified atom stereocenters. The van der Waals surface area contributed by atoms with Gasteiger partial charge in [-0.3, -0.25) is 0 Å². The highest BCUT2D eigenvalue weighted by Gasteiger charge is 2.12. The highest BCUT2D eigenvalue weighted by atomic mass is 16.5. The van der Waals surface area contributed by atoms with E-state index in [2.05, 4.69) is 21.1 Å². The number of nitrogens with one attached hydrogen (secondary N) is 2. The van der Waals surface area contributed by atoms with Gasteiger partial charge in [-0.2, -0.15) is 0 Å². The SMILES string of the molecule is COC(=O)c1ccc(CNc2ccc3c(c2)CCO3)[nH]1. The molecule has 2 heterocycles. The van der Waals surface area contributed by atoms with Crippen molar-refractivity contribution in [2.45, 2.75) is 13.0 Å². The van der Waals surface area contributed by atoms with Gasteiger partial charge in [-0.1, -0.05) is 0 Å². The number of hydrogen-bond donors (Lipinski definition) is 2. The van der Waals surface area contributed by atoms with Gasteiger partial charge in [-0.15, -0.1) is 0 Å². The van der Waals surface area contributed by atoms with Gasteiger partial charge in [-0.25, -0.2) is 4.79 Å². The Balaban J connectivity index is 1.64. The zero-order chi connectivity index (χ0) is 13.9. The molecule has 0 spiro atoms. The second kappa shape index (κ2) is 5.28. The van der Waals surface area contributed by atoms with Crippen molar-refractivity contribution in [3.8, 4) is 5.75 Å². The number of fused-ring (bicyclic) bond motifs is 1. The number of carbonyl (C=O) groups is 1. The van der Waals surface area contributed by atoms with Gasteiger partial charge >= 0.3 is 5.97 Å². The van der Waals surface area contributed by atoms with E-state index in [0.717, 1.165) is 30.2 Å². The van der Waals surface area contributed by atoms with Gasteiger partial charge in [0.15, 0.2) is 0 Å². The molecular formula is C15H16N2O3. The van der Waals surface area contributed by atoms with Gasteiger partial charge in [0.05, 0.1) is 20.3 Å². The van der Waals surface area contributed by atoms with Crippen molar-refractivity contribution >= 4 is 11.7 Å². The smallest absolute Gasteiger partial charge is 0.354 e. The first-order chi connectivity index (χ1) is 9.76. The molecule has 1 aromatic heterocycles. The number of hydrogen-bond acceptors (Lipinski definition) is 4. The van der Waals surface area contributed by atoms with Crippen molar-refractivity contribution in [1.82, 2.24) is 4.98 Å².